The Morgan fingerprint density at radius 2 is 2.15 bits per heavy atom. The van der Waals surface area contributed by atoms with Crippen LogP contribution in [0.4, 0.5) is 4.39 Å². The second-order valence-electron chi connectivity index (χ2n) is 5.34. The van der Waals surface area contributed by atoms with E-state index in [0.717, 1.165) is 31.7 Å². The van der Waals surface area contributed by atoms with E-state index in [9.17, 15) is 12.8 Å². The third-order valence-corrected chi connectivity index (χ3v) is 6.04. The van der Waals surface area contributed by atoms with Crippen LogP contribution in [0, 0.1) is 11.7 Å². The molecule has 3 nitrogen and oxygen atoms in total. The van der Waals surface area contributed by atoms with Crippen LogP contribution in [-0.2, 0) is 10.0 Å². The third kappa shape index (κ3) is 3.80. The highest BCUT2D eigenvalue weighted by atomic mass is 79.9. The van der Waals surface area contributed by atoms with Gasteiger partial charge in [-0.3, -0.25) is 0 Å². The molecule has 0 bridgehead atoms. The summed E-state index contributed by atoms with van der Waals surface area (Å²) >= 11 is 3.02. The number of halogens is 2. The minimum absolute atomic E-state index is 0.0168. The normalized spacial score (nSPS) is 23.8. The second kappa shape index (κ2) is 6.54. The van der Waals surface area contributed by atoms with Crippen LogP contribution in [0.15, 0.2) is 27.6 Å². The zero-order valence-electron chi connectivity index (χ0n) is 11.4. The fourth-order valence-electron chi connectivity index (χ4n) is 2.70. The van der Waals surface area contributed by atoms with E-state index in [4.69, 9.17) is 0 Å². The number of sulfonamides is 1. The van der Waals surface area contributed by atoms with Gasteiger partial charge in [0.25, 0.3) is 0 Å². The lowest BCUT2D eigenvalue weighted by Gasteiger charge is -2.28. The minimum Gasteiger partial charge on any atom is -0.208 e. The van der Waals surface area contributed by atoms with Crippen molar-refractivity contribution in [3.8, 4) is 0 Å². The Balaban J connectivity index is 2.12. The predicted molar refractivity (Wildman–Crippen MR) is 80.5 cm³/mol. The standard InChI is InChI=1S/C14H19BrFNO2S/c1-2-10-4-3-5-11(8-10)17-20(18,19)12-6-7-13(15)14(16)9-12/h6-7,9-11,17H,2-5,8H2,1H3. The molecule has 2 unspecified atom stereocenters. The van der Waals surface area contributed by atoms with Crippen LogP contribution in [0.1, 0.15) is 39.0 Å². The van der Waals surface area contributed by atoms with E-state index in [1.807, 2.05) is 0 Å². The lowest BCUT2D eigenvalue weighted by Crippen LogP contribution is -2.38. The fraction of sp³-hybridized carbons (Fsp3) is 0.571. The lowest BCUT2D eigenvalue weighted by atomic mass is 9.85. The van der Waals surface area contributed by atoms with Gasteiger partial charge in [-0.25, -0.2) is 17.5 Å². The van der Waals surface area contributed by atoms with Crippen molar-refractivity contribution in [1.29, 1.82) is 0 Å². The zero-order chi connectivity index (χ0) is 14.8. The summed E-state index contributed by atoms with van der Waals surface area (Å²) in [4.78, 5) is -0.0168. The molecule has 1 fully saturated rings. The summed E-state index contributed by atoms with van der Waals surface area (Å²) in [5.41, 5.74) is 0. The van der Waals surface area contributed by atoms with Crippen LogP contribution in [-0.4, -0.2) is 14.5 Å². The summed E-state index contributed by atoms with van der Waals surface area (Å²) in [6, 6.07) is 3.84. The van der Waals surface area contributed by atoms with E-state index in [1.165, 1.54) is 18.6 Å². The Morgan fingerprint density at radius 1 is 1.40 bits per heavy atom. The first-order valence-corrected chi connectivity index (χ1v) is 9.17. The quantitative estimate of drug-likeness (QED) is 0.883. The van der Waals surface area contributed by atoms with Crippen molar-refractivity contribution < 1.29 is 12.8 Å². The predicted octanol–water partition coefficient (Wildman–Crippen LogP) is 3.84. The van der Waals surface area contributed by atoms with Crippen LogP contribution in [0.5, 0.6) is 0 Å². The molecule has 1 aromatic rings. The van der Waals surface area contributed by atoms with Crippen molar-refractivity contribution in [2.75, 3.05) is 0 Å². The van der Waals surface area contributed by atoms with Gasteiger partial charge in [-0.1, -0.05) is 26.2 Å². The Kier molecular flexibility index (Phi) is 5.20. The lowest BCUT2D eigenvalue weighted by molar-refractivity contribution is 0.301. The summed E-state index contributed by atoms with van der Waals surface area (Å²) in [5, 5.41) is 0. The van der Waals surface area contributed by atoms with E-state index in [2.05, 4.69) is 27.6 Å². The van der Waals surface area contributed by atoms with Gasteiger partial charge < -0.3 is 0 Å². The largest absolute Gasteiger partial charge is 0.240 e. The number of hydrogen-bond acceptors (Lipinski definition) is 2. The first-order chi connectivity index (χ1) is 9.42. The molecule has 0 amide bonds. The summed E-state index contributed by atoms with van der Waals surface area (Å²) in [7, 11) is -3.64. The number of rotatable bonds is 4. The molecule has 0 saturated heterocycles. The molecular weight excluding hydrogens is 345 g/mol. The highest BCUT2D eigenvalue weighted by Crippen LogP contribution is 2.28. The molecule has 0 spiro atoms. The topological polar surface area (TPSA) is 46.2 Å². The van der Waals surface area contributed by atoms with Gasteiger partial charge in [-0.2, -0.15) is 0 Å². The SMILES string of the molecule is CCC1CCCC(NS(=O)(=O)c2ccc(Br)c(F)c2)C1. The molecular formula is C14H19BrFNO2S. The maximum Gasteiger partial charge on any atom is 0.240 e. The van der Waals surface area contributed by atoms with Crippen molar-refractivity contribution in [3.05, 3.63) is 28.5 Å². The number of benzene rings is 1. The van der Waals surface area contributed by atoms with E-state index >= 15 is 0 Å². The molecule has 0 aliphatic heterocycles. The Morgan fingerprint density at radius 3 is 2.80 bits per heavy atom. The van der Waals surface area contributed by atoms with Crippen molar-refractivity contribution in [3.63, 3.8) is 0 Å². The number of hydrogen-bond donors (Lipinski definition) is 1. The van der Waals surface area contributed by atoms with Crippen molar-refractivity contribution in [2.24, 2.45) is 5.92 Å². The van der Waals surface area contributed by atoms with Gasteiger partial charge in [-0.05, 0) is 52.9 Å². The molecule has 0 heterocycles. The Labute approximate surface area is 128 Å². The average Bonchev–Trinajstić information content (AvgIpc) is 2.41. The van der Waals surface area contributed by atoms with E-state index in [-0.39, 0.29) is 15.4 Å². The van der Waals surface area contributed by atoms with Gasteiger partial charge in [0.1, 0.15) is 5.82 Å². The average molecular weight is 364 g/mol. The van der Waals surface area contributed by atoms with Crippen LogP contribution < -0.4 is 4.72 Å². The van der Waals surface area contributed by atoms with E-state index in [0.29, 0.717) is 5.92 Å². The summed E-state index contributed by atoms with van der Waals surface area (Å²) < 4.78 is 41.0. The smallest absolute Gasteiger partial charge is 0.208 e. The van der Waals surface area contributed by atoms with Gasteiger partial charge in [0, 0.05) is 6.04 Å². The molecule has 0 aromatic heterocycles. The van der Waals surface area contributed by atoms with E-state index < -0.39 is 15.8 Å². The van der Waals surface area contributed by atoms with Gasteiger partial charge >= 0.3 is 0 Å². The van der Waals surface area contributed by atoms with E-state index in [1.54, 1.807) is 0 Å². The molecule has 112 valence electrons. The molecule has 1 aromatic carbocycles. The van der Waals surface area contributed by atoms with Crippen LogP contribution >= 0.6 is 15.9 Å². The summed E-state index contributed by atoms with van der Waals surface area (Å²) in [6.45, 7) is 2.13. The molecule has 1 aliphatic rings. The highest BCUT2D eigenvalue weighted by molar-refractivity contribution is 9.10. The molecule has 0 radical (unpaired) electrons. The van der Waals surface area contributed by atoms with Crippen molar-refractivity contribution >= 4 is 26.0 Å². The van der Waals surface area contributed by atoms with Crippen LogP contribution in [0.25, 0.3) is 0 Å². The summed E-state index contributed by atoms with van der Waals surface area (Å²) in [5.74, 6) is 0.0149. The first kappa shape index (κ1) is 15.9. The third-order valence-electron chi connectivity index (χ3n) is 3.88. The Bertz CT molecular complexity index is 577. The van der Waals surface area contributed by atoms with Crippen molar-refractivity contribution in [2.45, 2.75) is 50.0 Å². The molecule has 1 saturated carbocycles. The fourth-order valence-corrected chi connectivity index (χ4v) is 4.24. The zero-order valence-corrected chi connectivity index (χ0v) is 13.8. The second-order valence-corrected chi connectivity index (χ2v) is 7.90. The molecule has 1 aliphatic carbocycles. The summed E-state index contributed by atoms with van der Waals surface area (Å²) in [6.07, 6.45) is 5.01. The molecule has 6 heteroatoms. The maximum absolute atomic E-state index is 13.5. The molecule has 2 atom stereocenters. The van der Waals surface area contributed by atoms with Gasteiger partial charge in [0.05, 0.1) is 9.37 Å². The van der Waals surface area contributed by atoms with Crippen LogP contribution in [0.3, 0.4) is 0 Å². The molecule has 2 rings (SSSR count). The maximum atomic E-state index is 13.5. The van der Waals surface area contributed by atoms with Gasteiger partial charge in [-0.15, -0.1) is 0 Å². The number of nitrogens with one attached hydrogen (secondary N) is 1. The molecule has 1 N–H and O–H groups in total. The first-order valence-electron chi connectivity index (χ1n) is 6.89. The van der Waals surface area contributed by atoms with Crippen molar-refractivity contribution in [1.82, 2.24) is 4.72 Å². The van der Waals surface area contributed by atoms with Crippen LogP contribution in [0.2, 0.25) is 0 Å². The van der Waals surface area contributed by atoms with Gasteiger partial charge in [0.15, 0.2) is 0 Å². The molecule has 20 heavy (non-hydrogen) atoms. The van der Waals surface area contributed by atoms with Gasteiger partial charge in [0.2, 0.25) is 10.0 Å². The highest BCUT2D eigenvalue weighted by Gasteiger charge is 2.26. The Hall–Kier alpha value is -0.460. The minimum atomic E-state index is -3.64. The monoisotopic (exact) mass is 363 g/mol.